The van der Waals surface area contributed by atoms with Crippen LogP contribution in [0.25, 0.3) is 0 Å². The summed E-state index contributed by atoms with van der Waals surface area (Å²) in [6.45, 7) is 0.913. The summed E-state index contributed by atoms with van der Waals surface area (Å²) in [6, 6.07) is 9.75. The normalized spacial score (nSPS) is 21.9. The Morgan fingerprint density at radius 2 is 1.95 bits per heavy atom. The van der Waals surface area contributed by atoms with Gasteiger partial charge in [0.15, 0.2) is 5.78 Å². The van der Waals surface area contributed by atoms with Crippen LogP contribution in [-0.2, 0) is 20.9 Å². The van der Waals surface area contributed by atoms with E-state index < -0.39 is 0 Å². The third kappa shape index (κ3) is 2.65. The Bertz CT molecular complexity index is 550. The molecule has 20 heavy (non-hydrogen) atoms. The van der Waals surface area contributed by atoms with E-state index in [2.05, 4.69) is 0 Å². The minimum atomic E-state index is -0.138. The smallest absolute Gasteiger partial charge is 0.227 e. The maximum Gasteiger partial charge on any atom is 0.227 e. The Hall–Kier alpha value is -1.94. The lowest BCUT2D eigenvalue weighted by Gasteiger charge is -2.31. The highest BCUT2D eigenvalue weighted by Crippen LogP contribution is 2.30. The summed E-state index contributed by atoms with van der Waals surface area (Å²) in [6.07, 6.45) is 3.16. The van der Waals surface area contributed by atoms with Crippen molar-refractivity contribution in [1.82, 2.24) is 4.90 Å². The van der Waals surface area contributed by atoms with Crippen molar-refractivity contribution in [3.8, 4) is 0 Å². The molecule has 0 bridgehead atoms. The van der Waals surface area contributed by atoms with Crippen LogP contribution in [0.4, 0.5) is 0 Å². The van der Waals surface area contributed by atoms with Crippen LogP contribution in [0.15, 0.2) is 42.1 Å². The Morgan fingerprint density at radius 3 is 2.75 bits per heavy atom. The van der Waals surface area contributed by atoms with Crippen molar-refractivity contribution in [2.45, 2.75) is 31.9 Å². The Balaban J connectivity index is 1.61. The molecule has 0 aliphatic carbocycles. The quantitative estimate of drug-likeness (QED) is 0.842. The number of benzene rings is 1. The number of hydrogen-bond donors (Lipinski definition) is 0. The van der Waals surface area contributed by atoms with Gasteiger partial charge < -0.3 is 9.64 Å². The highest BCUT2D eigenvalue weighted by Gasteiger charge is 2.36. The van der Waals surface area contributed by atoms with Gasteiger partial charge in [0.1, 0.15) is 0 Å². The van der Waals surface area contributed by atoms with Crippen molar-refractivity contribution in [3.05, 3.63) is 47.7 Å². The van der Waals surface area contributed by atoms with Crippen molar-refractivity contribution >= 4 is 11.7 Å². The van der Waals surface area contributed by atoms with Crippen LogP contribution < -0.4 is 0 Å². The summed E-state index contributed by atoms with van der Waals surface area (Å²) >= 11 is 0. The van der Waals surface area contributed by atoms with Gasteiger partial charge in [-0.25, -0.2) is 0 Å². The number of hydrogen-bond acceptors (Lipinski definition) is 3. The van der Waals surface area contributed by atoms with E-state index >= 15 is 0 Å². The van der Waals surface area contributed by atoms with E-state index in [0.717, 1.165) is 11.3 Å². The largest absolute Gasteiger partial charge is 0.375 e. The van der Waals surface area contributed by atoms with Gasteiger partial charge in [0, 0.05) is 24.6 Å². The molecule has 0 aromatic heterocycles. The number of carbonyl (C=O) groups excluding carboxylic acids is 2. The topological polar surface area (TPSA) is 46.6 Å². The minimum Gasteiger partial charge on any atom is -0.375 e. The van der Waals surface area contributed by atoms with Gasteiger partial charge in [-0.05, 0) is 12.0 Å². The highest BCUT2D eigenvalue weighted by atomic mass is 16.5. The predicted octanol–water partition coefficient (Wildman–Crippen LogP) is 2.05. The van der Waals surface area contributed by atoms with Crippen molar-refractivity contribution < 1.29 is 14.3 Å². The minimum absolute atomic E-state index is 0.0965. The summed E-state index contributed by atoms with van der Waals surface area (Å²) in [7, 11) is 0. The van der Waals surface area contributed by atoms with Crippen LogP contribution in [0.1, 0.15) is 24.8 Å². The molecule has 1 fully saturated rings. The van der Waals surface area contributed by atoms with Crippen LogP contribution in [0, 0.1) is 0 Å². The first kappa shape index (κ1) is 13.1. The van der Waals surface area contributed by atoms with E-state index in [1.165, 1.54) is 0 Å². The number of fused-ring (bicyclic) bond motifs is 1. The fraction of sp³-hybridized carbons (Fsp3) is 0.375. The summed E-state index contributed by atoms with van der Waals surface area (Å²) in [5, 5.41) is 0. The van der Waals surface area contributed by atoms with E-state index in [-0.39, 0.29) is 17.7 Å². The molecular weight excluding hydrogens is 254 g/mol. The molecule has 104 valence electrons. The Labute approximate surface area is 118 Å². The molecular formula is C16H17NO3. The van der Waals surface area contributed by atoms with E-state index in [0.29, 0.717) is 32.5 Å². The van der Waals surface area contributed by atoms with Gasteiger partial charge in [-0.1, -0.05) is 30.3 Å². The lowest BCUT2D eigenvalue weighted by atomic mass is 10.0. The second kappa shape index (κ2) is 5.59. The average Bonchev–Trinajstić information content (AvgIpc) is 2.81. The maximum atomic E-state index is 11.9. The van der Waals surface area contributed by atoms with Crippen LogP contribution in [0.5, 0.6) is 0 Å². The van der Waals surface area contributed by atoms with E-state index in [1.54, 1.807) is 11.0 Å². The van der Waals surface area contributed by atoms with Gasteiger partial charge in [-0.15, -0.1) is 0 Å². The molecule has 0 spiro atoms. The molecule has 0 unspecified atom stereocenters. The van der Waals surface area contributed by atoms with Crippen molar-refractivity contribution in [1.29, 1.82) is 0 Å². The molecule has 2 aliphatic heterocycles. The molecule has 4 heteroatoms. The zero-order valence-corrected chi connectivity index (χ0v) is 11.2. The molecule has 0 radical (unpaired) electrons. The third-order valence-corrected chi connectivity index (χ3v) is 3.72. The number of rotatable bonds is 4. The fourth-order valence-corrected chi connectivity index (χ4v) is 2.80. The molecule has 1 aromatic rings. The molecule has 1 atom stereocenters. The molecule has 3 rings (SSSR count). The molecule has 1 amide bonds. The van der Waals surface area contributed by atoms with Gasteiger partial charge >= 0.3 is 0 Å². The van der Waals surface area contributed by atoms with Gasteiger partial charge in [-0.3, -0.25) is 9.59 Å². The number of ether oxygens (including phenoxy) is 1. The number of carbonyl (C=O) groups is 2. The summed E-state index contributed by atoms with van der Waals surface area (Å²) in [5.74, 6) is 0.205. The first-order chi connectivity index (χ1) is 9.74. The van der Waals surface area contributed by atoms with Gasteiger partial charge in [-0.2, -0.15) is 0 Å². The zero-order chi connectivity index (χ0) is 13.9. The first-order valence-electron chi connectivity index (χ1n) is 6.91. The van der Waals surface area contributed by atoms with Crippen LogP contribution in [0.2, 0.25) is 0 Å². The number of nitrogens with zero attached hydrogens (tertiary/aromatic N) is 1. The van der Waals surface area contributed by atoms with Crippen LogP contribution >= 0.6 is 0 Å². The molecule has 1 saturated heterocycles. The van der Waals surface area contributed by atoms with Crippen LogP contribution in [0.3, 0.4) is 0 Å². The van der Waals surface area contributed by atoms with Crippen molar-refractivity contribution in [2.75, 3.05) is 6.61 Å². The molecule has 2 aliphatic rings. The van der Waals surface area contributed by atoms with E-state index in [9.17, 15) is 9.59 Å². The molecule has 1 aromatic carbocycles. The number of allylic oxidation sites excluding steroid dienone is 2. The lowest BCUT2D eigenvalue weighted by Crippen LogP contribution is -2.42. The molecule has 0 N–H and O–H groups in total. The SMILES string of the molecule is O=C1C=C2CCC(=O)N2[C@H](COCc2ccccc2)C1. The predicted molar refractivity (Wildman–Crippen MR) is 73.7 cm³/mol. The van der Waals surface area contributed by atoms with Gasteiger partial charge in [0.2, 0.25) is 5.91 Å². The van der Waals surface area contributed by atoms with E-state index in [4.69, 9.17) is 4.74 Å². The second-order valence-corrected chi connectivity index (χ2v) is 5.22. The van der Waals surface area contributed by atoms with Gasteiger partial charge in [0.05, 0.1) is 19.3 Å². The maximum absolute atomic E-state index is 11.9. The Kier molecular flexibility index (Phi) is 3.65. The molecule has 4 nitrogen and oxygen atoms in total. The molecule has 2 heterocycles. The van der Waals surface area contributed by atoms with Crippen molar-refractivity contribution in [3.63, 3.8) is 0 Å². The summed E-state index contributed by atoms with van der Waals surface area (Å²) < 4.78 is 5.69. The summed E-state index contributed by atoms with van der Waals surface area (Å²) in [5.41, 5.74) is 1.96. The standard InChI is InChI=1S/C16H17NO3/c18-15-8-13-6-7-16(19)17(13)14(9-15)11-20-10-12-4-2-1-3-5-12/h1-5,8,14H,6-7,9-11H2/t14-/m0/s1. The Morgan fingerprint density at radius 1 is 1.15 bits per heavy atom. The van der Waals surface area contributed by atoms with Crippen LogP contribution in [-0.4, -0.2) is 29.2 Å². The van der Waals surface area contributed by atoms with E-state index in [1.807, 2.05) is 30.3 Å². The van der Waals surface area contributed by atoms with Gasteiger partial charge in [0.25, 0.3) is 0 Å². The lowest BCUT2D eigenvalue weighted by molar-refractivity contribution is -0.131. The monoisotopic (exact) mass is 271 g/mol. The number of ketones is 1. The second-order valence-electron chi connectivity index (χ2n) is 5.22. The highest BCUT2D eigenvalue weighted by molar-refractivity contribution is 5.95. The third-order valence-electron chi connectivity index (χ3n) is 3.72. The first-order valence-corrected chi connectivity index (χ1v) is 6.91. The average molecular weight is 271 g/mol. The molecule has 0 saturated carbocycles. The van der Waals surface area contributed by atoms with Crippen molar-refractivity contribution in [2.24, 2.45) is 0 Å². The zero-order valence-electron chi connectivity index (χ0n) is 11.2. The summed E-state index contributed by atoms with van der Waals surface area (Å²) in [4.78, 5) is 25.3. The fourth-order valence-electron chi connectivity index (χ4n) is 2.80. The number of amides is 1.